The van der Waals surface area contributed by atoms with Crippen molar-refractivity contribution in [3.8, 4) is 102 Å². The van der Waals surface area contributed by atoms with Crippen LogP contribution in [0.4, 0.5) is 0 Å². The quantitative estimate of drug-likeness (QED) is 0.136. The van der Waals surface area contributed by atoms with Gasteiger partial charge in [0.15, 0.2) is 34.9 Å². The van der Waals surface area contributed by atoms with Gasteiger partial charge in [-0.3, -0.25) is 0 Å². The molecule has 0 unspecified atom stereocenters. The molecule has 0 radical (unpaired) electrons. The highest BCUT2D eigenvalue weighted by Crippen LogP contribution is 2.45. The van der Waals surface area contributed by atoms with E-state index in [1.54, 1.807) is 22.7 Å². The Kier molecular flexibility index (Phi) is 12.5. The lowest BCUT2D eigenvalue weighted by Crippen LogP contribution is -2.00. The van der Waals surface area contributed by atoms with Gasteiger partial charge in [-0.25, -0.2) is 29.9 Å². The van der Waals surface area contributed by atoms with E-state index in [9.17, 15) is 0 Å². The fraction of sp³-hybridized carbons (Fsp3) is 0. The Morgan fingerprint density at radius 1 is 0.202 bits per heavy atom. The third-order valence-corrected chi connectivity index (χ3v) is 20.5. The number of thiophene rings is 2. The van der Waals surface area contributed by atoms with Crippen LogP contribution in [0.3, 0.4) is 0 Å². The number of rotatable bonds is 10. The Hall–Kier alpha value is -12.1. The molecule has 0 atom stereocenters. The van der Waals surface area contributed by atoms with E-state index >= 15 is 0 Å². The minimum Gasteiger partial charge on any atom is -0.309 e. The summed E-state index contributed by atoms with van der Waals surface area (Å²) in [5, 5.41) is 9.49. The lowest BCUT2D eigenvalue weighted by atomic mass is 9.97. The smallest absolute Gasteiger partial charge is 0.164 e. The van der Waals surface area contributed by atoms with Crippen molar-refractivity contribution in [3.05, 3.63) is 303 Å². The molecule has 8 nitrogen and oxygen atoms in total. The Bertz CT molecular complexity index is 6130. The molecule has 6 heterocycles. The van der Waals surface area contributed by atoms with Crippen molar-refractivity contribution in [2.24, 2.45) is 0 Å². The normalized spacial score (nSPS) is 11.8. The minimum absolute atomic E-state index is 0.609. The molecule has 438 valence electrons. The van der Waals surface area contributed by atoms with Gasteiger partial charge in [0.1, 0.15) is 0 Å². The molecular formula is C84H50N8S2. The zero-order valence-electron chi connectivity index (χ0n) is 50.3. The summed E-state index contributed by atoms with van der Waals surface area (Å²) >= 11 is 3.60. The van der Waals surface area contributed by atoms with E-state index in [0.717, 1.165) is 94.2 Å². The average Bonchev–Trinajstić information content (AvgIpc) is 1.58. The van der Waals surface area contributed by atoms with Gasteiger partial charge in [0.05, 0.1) is 22.1 Å². The van der Waals surface area contributed by atoms with E-state index in [1.165, 1.54) is 56.8 Å². The van der Waals surface area contributed by atoms with Crippen LogP contribution >= 0.6 is 22.7 Å². The fourth-order valence-corrected chi connectivity index (χ4v) is 16.2. The van der Waals surface area contributed by atoms with Gasteiger partial charge >= 0.3 is 0 Å². The molecule has 0 N–H and O–H groups in total. The zero-order chi connectivity index (χ0) is 61.8. The Morgan fingerprint density at radius 2 is 0.532 bits per heavy atom. The number of para-hydroxylation sites is 3. The molecule has 19 rings (SSSR count). The molecule has 10 heteroatoms. The van der Waals surface area contributed by atoms with Crippen molar-refractivity contribution in [2.75, 3.05) is 0 Å². The second-order valence-corrected chi connectivity index (χ2v) is 25.9. The van der Waals surface area contributed by atoms with Crippen LogP contribution in [-0.2, 0) is 0 Å². The van der Waals surface area contributed by atoms with E-state index in [0.29, 0.717) is 34.9 Å². The number of nitrogens with zero attached hydrogens (tertiary/aromatic N) is 8. The standard InChI is InChI=1S/C84H50N8S2/c1-4-20-51(21-5-1)79-85-80(52-22-6-2-7-23-52)88-83(87-79)67-33-18-38-73-77(67)66-45-42-60(50-76(66)94-73)92-71-37-15-12-32-63(71)64-43-40-57(48-72(64)92)55-27-16-26-54(46-55)56-28-17-29-58(47-56)82-86-81(53-24-8-3-9-25-53)89-84(90-82)68-34-19-39-74-78(68)65-44-41-59(49-75(65)93-74)91-69-35-13-10-30-61(69)62-31-11-14-36-70(62)91/h1-50H. The van der Waals surface area contributed by atoms with Crippen LogP contribution in [0.1, 0.15) is 0 Å². The number of hydrogen-bond donors (Lipinski definition) is 0. The third-order valence-electron chi connectivity index (χ3n) is 18.2. The molecule has 0 aliphatic rings. The van der Waals surface area contributed by atoms with Crippen LogP contribution in [0.25, 0.3) is 186 Å². The van der Waals surface area contributed by atoms with E-state index in [4.69, 9.17) is 29.9 Å². The van der Waals surface area contributed by atoms with Crippen LogP contribution in [0.5, 0.6) is 0 Å². The first-order valence-electron chi connectivity index (χ1n) is 31.4. The maximum atomic E-state index is 5.38. The van der Waals surface area contributed by atoms with Gasteiger partial charge < -0.3 is 9.13 Å². The molecule has 94 heavy (non-hydrogen) atoms. The monoisotopic (exact) mass is 1230 g/mol. The summed E-state index contributed by atoms with van der Waals surface area (Å²) in [7, 11) is 0. The highest BCUT2D eigenvalue weighted by atomic mass is 32.1. The van der Waals surface area contributed by atoms with Crippen LogP contribution in [0, 0.1) is 0 Å². The number of benzene rings is 13. The largest absolute Gasteiger partial charge is 0.309 e. The number of hydrogen-bond acceptors (Lipinski definition) is 8. The van der Waals surface area contributed by atoms with Crippen LogP contribution < -0.4 is 0 Å². The van der Waals surface area contributed by atoms with Gasteiger partial charge in [-0.1, -0.05) is 231 Å². The number of fused-ring (bicyclic) bond motifs is 12. The molecule has 6 aromatic heterocycles. The number of aromatic nitrogens is 8. The second-order valence-electron chi connectivity index (χ2n) is 23.7. The molecule has 0 saturated heterocycles. The van der Waals surface area contributed by atoms with Gasteiger partial charge in [-0.15, -0.1) is 22.7 Å². The molecule has 0 bridgehead atoms. The van der Waals surface area contributed by atoms with Gasteiger partial charge in [0, 0.05) is 107 Å². The summed E-state index contributed by atoms with van der Waals surface area (Å²) in [6, 6.07) is 108. The first-order chi connectivity index (χ1) is 46.6. The third kappa shape index (κ3) is 8.94. The highest BCUT2D eigenvalue weighted by Gasteiger charge is 2.22. The summed E-state index contributed by atoms with van der Waals surface area (Å²) in [6.45, 7) is 0. The first-order valence-corrected chi connectivity index (χ1v) is 33.0. The predicted molar refractivity (Wildman–Crippen MR) is 391 cm³/mol. The molecule has 0 aliphatic heterocycles. The molecule has 0 spiro atoms. The fourth-order valence-electron chi connectivity index (χ4n) is 13.9. The van der Waals surface area contributed by atoms with E-state index < -0.39 is 0 Å². The van der Waals surface area contributed by atoms with E-state index in [-0.39, 0.29) is 0 Å². The Labute approximate surface area is 547 Å². The van der Waals surface area contributed by atoms with Crippen LogP contribution in [0.15, 0.2) is 303 Å². The molecule has 0 fully saturated rings. The van der Waals surface area contributed by atoms with E-state index in [1.807, 2.05) is 54.6 Å². The summed E-state index contributed by atoms with van der Waals surface area (Å²) in [6.07, 6.45) is 0. The average molecular weight is 1240 g/mol. The topological polar surface area (TPSA) is 87.2 Å². The van der Waals surface area contributed by atoms with Gasteiger partial charge in [0.2, 0.25) is 0 Å². The summed E-state index contributed by atoms with van der Waals surface area (Å²) in [5.41, 5.74) is 16.9. The van der Waals surface area contributed by atoms with Crippen molar-refractivity contribution >= 4 is 107 Å². The predicted octanol–water partition coefficient (Wildman–Crippen LogP) is 22.3. The minimum atomic E-state index is 0.609. The Morgan fingerprint density at radius 3 is 0.989 bits per heavy atom. The highest BCUT2D eigenvalue weighted by molar-refractivity contribution is 7.26. The van der Waals surface area contributed by atoms with E-state index in [2.05, 4.69) is 258 Å². The molecule has 13 aromatic carbocycles. The lowest BCUT2D eigenvalue weighted by molar-refractivity contribution is 1.08. The van der Waals surface area contributed by atoms with Crippen LogP contribution in [0.2, 0.25) is 0 Å². The molecule has 19 aromatic rings. The summed E-state index contributed by atoms with van der Waals surface area (Å²) in [5.74, 6) is 3.79. The summed E-state index contributed by atoms with van der Waals surface area (Å²) in [4.78, 5) is 31.2. The zero-order valence-corrected chi connectivity index (χ0v) is 51.9. The molecule has 0 aliphatic carbocycles. The first kappa shape index (κ1) is 53.7. The maximum Gasteiger partial charge on any atom is 0.164 e. The van der Waals surface area contributed by atoms with Gasteiger partial charge in [-0.05, 0) is 95.1 Å². The van der Waals surface area contributed by atoms with Crippen molar-refractivity contribution in [1.82, 2.24) is 39.0 Å². The molecular weight excluding hydrogens is 1190 g/mol. The van der Waals surface area contributed by atoms with Gasteiger partial charge in [-0.2, -0.15) is 0 Å². The SMILES string of the molecule is c1ccc(-c2nc(-c3cccc(-c4cccc(-c5ccc6c7ccccc7n(-c7ccc8c(c7)sc7cccc(-c9nc(-c%10ccccc%10)nc(-c%10ccccc%10)n9)c78)c6c5)c4)c3)nc(-c3cccc4sc5cc(-n6c7ccccc7c7ccccc76)ccc5c34)n2)cc1. The second kappa shape index (κ2) is 21.8. The lowest BCUT2D eigenvalue weighted by Gasteiger charge is -2.12. The Balaban J connectivity index is 0.684. The van der Waals surface area contributed by atoms with Crippen molar-refractivity contribution < 1.29 is 0 Å². The molecule has 0 amide bonds. The molecule has 0 saturated carbocycles. The summed E-state index contributed by atoms with van der Waals surface area (Å²) < 4.78 is 9.54. The maximum absolute atomic E-state index is 5.38. The van der Waals surface area contributed by atoms with Gasteiger partial charge in [0.25, 0.3) is 0 Å². The van der Waals surface area contributed by atoms with Crippen molar-refractivity contribution in [2.45, 2.75) is 0 Å². The van der Waals surface area contributed by atoms with Crippen LogP contribution in [-0.4, -0.2) is 39.0 Å². The van der Waals surface area contributed by atoms with Crippen molar-refractivity contribution in [1.29, 1.82) is 0 Å². The van der Waals surface area contributed by atoms with Crippen molar-refractivity contribution in [3.63, 3.8) is 0 Å².